The van der Waals surface area contributed by atoms with Gasteiger partial charge in [-0.05, 0) is 30.9 Å². The van der Waals surface area contributed by atoms with Crippen LogP contribution in [-0.4, -0.2) is 17.3 Å². The molecule has 2 aromatic carbocycles. The van der Waals surface area contributed by atoms with E-state index >= 15 is 0 Å². The molecular weight excluding hydrogens is 324 g/mol. The largest absolute Gasteiger partial charge is 0.298 e. The Morgan fingerprint density at radius 1 is 0.885 bits per heavy atom. The van der Waals surface area contributed by atoms with Crippen LogP contribution >= 0.6 is 0 Å². The third-order valence-corrected chi connectivity index (χ3v) is 5.04. The lowest BCUT2D eigenvalue weighted by molar-refractivity contribution is -0.138. The summed E-state index contributed by atoms with van der Waals surface area (Å²) in [7, 11) is 0. The Labute approximate surface area is 153 Å². The smallest absolute Gasteiger partial charge is 0.185 e. The van der Waals surface area contributed by atoms with Gasteiger partial charge in [-0.25, -0.2) is 0 Å². The monoisotopic (exact) mass is 346 g/mol. The van der Waals surface area contributed by atoms with Crippen molar-refractivity contribution in [3.63, 3.8) is 0 Å². The summed E-state index contributed by atoms with van der Waals surface area (Å²) in [5.74, 6) is -0.0638. The van der Waals surface area contributed by atoms with Gasteiger partial charge >= 0.3 is 0 Å². The molecule has 2 aromatic rings. The van der Waals surface area contributed by atoms with Crippen LogP contribution in [0.4, 0.5) is 0 Å². The van der Waals surface area contributed by atoms with E-state index in [1.165, 1.54) is 6.08 Å². The number of allylic oxidation sites excluding steroid dienone is 2. The quantitative estimate of drug-likeness (QED) is 0.441. The van der Waals surface area contributed by atoms with E-state index in [1.54, 1.807) is 18.2 Å². The zero-order valence-corrected chi connectivity index (χ0v) is 14.7. The lowest BCUT2D eigenvalue weighted by atomic mass is 9.65. The Morgan fingerprint density at radius 2 is 1.46 bits per heavy atom. The number of benzene rings is 2. The Kier molecular flexibility index (Phi) is 5.57. The Balaban J connectivity index is 1.77. The maximum absolute atomic E-state index is 12.8. The molecule has 3 heteroatoms. The van der Waals surface area contributed by atoms with Crippen molar-refractivity contribution >= 4 is 17.3 Å². The standard InChI is InChI=1S/C23H22O3/c24-20(18-10-3-1-4-11-18)14-7-8-17-23(19-12-5-2-6-13-19)21(25)15-9-16-22(23)26/h1-7,10-14H,8-9,15-17H2/b14-7+. The van der Waals surface area contributed by atoms with Crippen LogP contribution in [-0.2, 0) is 15.0 Å². The first kappa shape index (κ1) is 18.0. The lowest BCUT2D eigenvalue weighted by Crippen LogP contribution is -2.46. The molecule has 1 fully saturated rings. The van der Waals surface area contributed by atoms with Gasteiger partial charge in [0, 0.05) is 18.4 Å². The topological polar surface area (TPSA) is 51.2 Å². The number of hydrogen-bond acceptors (Lipinski definition) is 3. The van der Waals surface area contributed by atoms with Gasteiger partial charge in [-0.1, -0.05) is 66.7 Å². The number of carbonyl (C=O) groups excluding carboxylic acids is 3. The Bertz CT molecular complexity index is 803. The molecule has 0 radical (unpaired) electrons. The number of ketones is 3. The van der Waals surface area contributed by atoms with Gasteiger partial charge in [0.1, 0.15) is 5.41 Å². The van der Waals surface area contributed by atoms with Crippen molar-refractivity contribution < 1.29 is 14.4 Å². The molecule has 0 atom stereocenters. The fraction of sp³-hybridized carbons (Fsp3) is 0.261. The molecule has 0 bridgehead atoms. The van der Waals surface area contributed by atoms with Crippen molar-refractivity contribution in [2.75, 3.05) is 0 Å². The van der Waals surface area contributed by atoms with E-state index in [4.69, 9.17) is 0 Å². The van der Waals surface area contributed by atoms with Gasteiger partial charge in [-0.2, -0.15) is 0 Å². The number of carbonyl (C=O) groups is 3. The summed E-state index contributed by atoms with van der Waals surface area (Å²) in [6.07, 6.45) is 5.73. The predicted octanol–water partition coefficient (Wildman–Crippen LogP) is 4.47. The third-order valence-electron chi connectivity index (χ3n) is 5.04. The molecule has 1 aliphatic carbocycles. The van der Waals surface area contributed by atoms with Gasteiger partial charge < -0.3 is 0 Å². The predicted molar refractivity (Wildman–Crippen MR) is 101 cm³/mol. The highest BCUT2D eigenvalue weighted by Gasteiger charge is 2.47. The molecule has 1 aliphatic rings. The van der Waals surface area contributed by atoms with Crippen molar-refractivity contribution in [2.24, 2.45) is 0 Å². The van der Waals surface area contributed by atoms with Gasteiger partial charge in [0.05, 0.1) is 0 Å². The molecule has 0 aromatic heterocycles. The number of rotatable bonds is 6. The summed E-state index contributed by atoms with van der Waals surface area (Å²) in [6.45, 7) is 0. The first-order valence-electron chi connectivity index (χ1n) is 9.02. The second-order valence-corrected chi connectivity index (χ2v) is 6.64. The van der Waals surface area contributed by atoms with Crippen molar-refractivity contribution in [1.82, 2.24) is 0 Å². The Morgan fingerprint density at radius 3 is 2.08 bits per heavy atom. The first-order valence-corrected chi connectivity index (χ1v) is 9.02. The number of hydrogen-bond donors (Lipinski definition) is 0. The maximum Gasteiger partial charge on any atom is 0.185 e. The molecule has 3 nitrogen and oxygen atoms in total. The molecule has 0 saturated heterocycles. The van der Waals surface area contributed by atoms with Crippen LogP contribution in [0.25, 0.3) is 0 Å². The fourth-order valence-corrected chi connectivity index (χ4v) is 3.65. The van der Waals surface area contributed by atoms with E-state index < -0.39 is 5.41 Å². The van der Waals surface area contributed by atoms with Crippen LogP contribution in [0.2, 0.25) is 0 Å². The second-order valence-electron chi connectivity index (χ2n) is 6.64. The van der Waals surface area contributed by atoms with Crippen molar-refractivity contribution in [2.45, 2.75) is 37.5 Å². The van der Waals surface area contributed by atoms with E-state index in [9.17, 15) is 14.4 Å². The minimum atomic E-state index is -1.06. The molecule has 0 N–H and O–H groups in total. The molecule has 0 heterocycles. The van der Waals surface area contributed by atoms with Crippen LogP contribution in [0, 0.1) is 0 Å². The van der Waals surface area contributed by atoms with E-state index in [0.29, 0.717) is 37.7 Å². The van der Waals surface area contributed by atoms with Crippen LogP contribution in [0.1, 0.15) is 48.0 Å². The minimum absolute atomic E-state index is 0.00253. The van der Waals surface area contributed by atoms with Gasteiger partial charge in [0.15, 0.2) is 17.3 Å². The summed E-state index contributed by atoms with van der Waals surface area (Å²) in [4.78, 5) is 37.7. The molecule has 132 valence electrons. The van der Waals surface area contributed by atoms with Gasteiger partial charge in [-0.3, -0.25) is 14.4 Å². The summed E-state index contributed by atoms with van der Waals surface area (Å²) >= 11 is 0. The van der Waals surface area contributed by atoms with E-state index in [0.717, 1.165) is 5.56 Å². The molecule has 0 amide bonds. The molecule has 0 unspecified atom stereocenters. The number of Topliss-reactive ketones (excluding diaryl/α,β-unsaturated/α-hetero) is 2. The highest BCUT2D eigenvalue weighted by molar-refractivity contribution is 6.14. The van der Waals surface area contributed by atoms with Crippen molar-refractivity contribution in [1.29, 1.82) is 0 Å². The molecule has 0 spiro atoms. The summed E-state index contributed by atoms with van der Waals surface area (Å²) in [5.41, 5.74) is 0.350. The average molecular weight is 346 g/mol. The molecule has 0 aliphatic heterocycles. The average Bonchev–Trinajstić information content (AvgIpc) is 2.68. The van der Waals surface area contributed by atoms with Gasteiger partial charge in [0.2, 0.25) is 0 Å². The van der Waals surface area contributed by atoms with Gasteiger partial charge in [-0.15, -0.1) is 0 Å². The normalized spacial score (nSPS) is 16.8. The van der Waals surface area contributed by atoms with E-state index in [-0.39, 0.29) is 17.3 Å². The molecule has 1 saturated carbocycles. The first-order chi connectivity index (χ1) is 12.6. The fourth-order valence-electron chi connectivity index (χ4n) is 3.65. The highest BCUT2D eigenvalue weighted by Crippen LogP contribution is 2.38. The van der Waals surface area contributed by atoms with Crippen LogP contribution < -0.4 is 0 Å². The van der Waals surface area contributed by atoms with Crippen LogP contribution in [0.15, 0.2) is 72.8 Å². The molecule has 26 heavy (non-hydrogen) atoms. The summed E-state index contributed by atoms with van der Waals surface area (Å²) in [6, 6.07) is 18.4. The summed E-state index contributed by atoms with van der Waals surface area (Å²) in [5, 5.41) is 0. The van der Waals surface area contributed by atoms with E-state index in [2.05, 4.69) is 0 Å². The van der Waals surface area contributed by atoms with Gasteiger partial charge in [0.25, 0.3) is 0 Å². The molecule has 3 rings (SSSR count). The minimum Gasteiger partial charge on any atom is -0.298 e. The van der Waals surface area contributed by atoms with Crippen LogP contribution in [0.3, 0.4) is 0 Å². The zero-order chi connectivity index (χ0) is 18.4. The van der Waals surface area contributed by atoms with E-state index in [1.807, 2.05) is 48.5 Å². The highest BCUT2D eigenvalue weighted by atomic mass is 16.2. The zero-order valence-electron chi connectivity index (χ0n) is 14.7. The van der Waals surface area contributed by atoms with Crippen molar-refractivity contribution in [3.05, 3.63) is 83.9 Å². The van der Waals surface area contributed by atoms with Crippen molar-refractivity contribution in [3.8, 4) is 0 Å². The SMILES string of the molecule is O=C(/C=C/CCC1(c2ccccc2)C(=O)CCCC1=O)c1ccccc1. The summed E-state index contributed by atoms with van der Waals surface area (Å²) < 4.78 is 0. The Hall–Kier alpha value is -2.81. The molecular formula is C23H22O3. The third kappa shape index (κ3) is 3.57. The lowest BCUT2D eigenvalue weighted by Gasteiger charge is -2.34. The maximum atomic E-state index is 12.8. The van der Waals surface area contributed by atoms with Crippen LogP contribution in [0.5, 0.6) is 0 Å². The second kappa shape index (κ2) is 8.05.